The van der Waals surface area contributed by atoms with Gasteiger partial charge in [0.25, 0.3) is 0 Å². The Morgan fingerprint density at radius 2 is 1.78 bits per heavy atom. The molecular formula is C28H35N2O6+. The molecule has 0 spiro atoms. The van der Waals surface area contributed by atoms with Gasteiger partial charge in [0.15, 0.2) is 11.5 Å². The van der Waals surface area contributed by atoms with Crippen LogP contribution in [0.2, 0.25) is 0 Å². The largest absolute Gasteiger partial charge is 0.497 e. The number of hydrogen-bond donors (Lipinski definition) is 1. The molecule has 1 aliphatic carbocycles. The van der Waals surface area contributed by atoms with Gasteiger partial charge in [0.1, 0.15) is 12.3 Å². The second kappa shape index (κ2) is 9.75. The fourth-order valence-electron chi connectivity index (χ4n) is 6.03. The van der Waals surface area contributed by atoms with Crippen molar-refractivity contribution in [2.24, 2.45) is 5.92 Å². The van der Waals surface area contributed by atoms with Crippen LogP contribution >= 0.6 is 0 Å². The van der Waals surface area contributed by atoms with Crippen molar-refractivity contribution in [3.8, 4) is 17.2 Å². The number of benzene rings is 2. The Bertz CT molecular complexity index is 1130. The van der Waals surface area contributed by atoms with Gasteiger partial charge >= 0.3 is 11.9 Å². The van der Waals surface area contributed by atoms with Crippen LogP contribution in [0.4, 0.5) is 0 Å². The number of amides is 1. The summed E-state index contributed by atoms with van der Waals surface area (Å²) in [7, 11) is 3.65. The molecule has 3 aliphatic rings. The highest BCUT2D eigenvalue weighted by molar-refractivity contribution is 5.75. The fraction of sp³-hybridized carbons (Fsp3) is 0.500. The zero-order valence-corrected chi connectivity index (χ0v) is 21.2. The minimum Gasteiger partial charge on any atom is -0.497 e. The third-order valence-electron chi connectivity index (χ3n) is 8.11. The first-order chi connectivity index (χ1) is 17.4. The lowest BCUT2D eigenvalue weighted by Crippen LogP contribution is -2.55. The predicted molar refractivity (Wildman–Crippen MR) is 133 cm³/mol. The maximum Gasteiger partial charge on any atom is 0.327 e. The zero-order chi connectivity index (χ0) is 25.4. The number of carboxylic acid groups (broad SMARTS) is 1. The number of nitrogens with zero attached hydrogens (tertiary/aromatic N) is 2. The van der Waals surface area contributed by atoms with Crippen LogP contribution in [-0.4, -0.2) is 73.0 Å². The number of likely N-dealkylation sites (tertiary alicyclic amines) is 1. The second-order valence-corrected chi connectivity index (χ2v) is 10.3. The van der Waals surface area contributed by atoms with Gasteiger partial charge in [-0.25, -0.2) is 4.79 Å². The van der Waals surface area contributed by atoms with Crippen LogP contribution in [0.15, 0.2) is 42.5 Å². The molecule has 8 nitrogen and oxygen atoms in total. The molecule has 2 unspecified atom stereocenters. The van der Waals surface area contributed by atoms with Crippen molar-refractivity contribution >= 4 is 11.9 Å². The van der Waals surface area contributed by atoms with Crippen molar-refractivity contribution in [2.75, 3.05) is 40.6 Å². The molecule has 0 aromatic heterocycles. The molecule has 1 amide bonds. The van der Waals surface area contributed by atoms with Gasteiger partial charge in [0.2, 0.25) is 6.79 Å². The predicted octanol–water partition coefficient (Wildman–Crippen LogP) is 3.81. The van der Waals surface area contributed by atoms with Gasteiger partial charge in [-0.05, 0) is 41.8 Å². The Kier molecular flexibility index (Phi) is 6.66. The number of methoxy groups -OCH3 is 1. The molecule has 1 saturated carbocycles. The molecule has 192 valence electrons. The highest BCUT2D eigenvalue weighted by atomic mass is 16.7. The van der Waals surface area contributed by atoms with Crippen molar-refractivity contribution in [3.63, 3.8) is 0 Å². The van der Waals surface area contributed by atoms with E-state index in [4.69, 9.17) is 14.2 Å². The van der Waals surface area contributed by atoms with E-state index in [0.29, 0.717) is 34.3 Å². The van der Waals surface area contributed by atoms with E-state index >= 15 is 0 Å². The molecule has 1 N–H and O–H groups in total. The third-order valence-corrected chi connectivity index (χ3v) is 8.11. The molecule has 2 fully saturated rings. The first-order valence-electron chi connectivity index (χ1n) is 12.7. The van der Waals surface area contributed by atoms with Crippen LogP contribution in [0.3, 0.4) is 0 Å². The normalized spacial score (nSPS) is 24.9. The molecular weight excluding hydrogens is 460 g/mol. The fourth-order valence-corrected chi connectivity index (χ4v) is 6.03. The summed E-state index contributed by atoms with van der Waals surface area (Å²) in [6.45, 7) is 3.76. The van der Waals surface area contributed by atoms with Crippen molar-refractivity contribution in [1.29, 1.82) is 0 Å². The van der Waals surface area contributed by atoms with E-state index in [1.807, 2.05) is 49.5 Å². The van der Waals surface area contributed by atoms with Crippen molar-refractivity contribution in [1.82, 2.24) is 4.90 Å². The van der Waals surface area contributed by atoms with Crippen LogP contribution in [-0.2, 0) is 9.59 Å². The average molecular weight is 496 g/mol. The molecule has 0 radical (unpaired) electrons. The van der Waals surface area contributed by atoms with E-state index in [0.717, 1.165) is 36.9 Å². The summed E-state index contributed by atoms with van der Waals surface area (Å²) in [6, 6.07) is 13.1. The van der Waals surface area contributed by atoms with Crippen LogP contribution in [0.1, 0.15) is 49.3 Å². The maximum atomic E-state index is 13.8. The average Bonchev–Trinajstić information content (AvgIpc) is 3.52. The molecule has 8 heteroatoms. The highest BCUT2D eigenvalue weighted by Gasteiger charge is 2.51. The molecule has 1 saturated heterocycles. The Balaban J connectivity index is 1.51. The molecule has 2 aromatic rings. The number of fused-ring (bicyclic) bond motifs is 1. The molecule has 36 heavy (non-hydrogen) atoms. The number of ether oxygens (including phenoxy) is 3. The molecule has 0 bridgehead atoms. The first-order valence-corrected chi connectivity index (χ1v) is 12.7. The van der Waals surface area contributed by atoms with Gasteiger partial charge in [0, 0.05) is 31.3 Å². The summed E-state index contributed by atoms with van der Waals surface area (Å²) in [6.07, 6.45) is 3.07. The lowest BCUT2D eigenvalue weighted by Gasteiger charge is -2.34. The zero-order valence-electron chi connectivity index (χ0n) is 21.2. The number of likely N-dealkylation sites (N-methyl/N-ethyl adjacent to an activating group) is 1. The smallest absolute Gasteiger partial charge is 0.327 e. The summed E-state index contributed by atoms with van der Waals surface area (Å²) in [5.74, 6) is 0.266. The van der Waals surface area contributed by atoms with Gasteiger partial charge in [-0.1, -0.05) is 25.1 Å². The monoisotopic (exact) mass is 495 g/mol. The summed E-state index contributed by atoms with van der Waals surface area (Å²) >= 11 is 0. The number of carbonyl (C=O) groups is 2. The van der Waals surface area contributed by atoms with E-state index in [1.54, 1.807) is 7.11 Å². The van der Waals surface area contributed by atoms with Crippen molar-refractivity contribution in [3.05, 3.63) is 53.6 Å². The molecule has 2 aromatic carbocycles. The summed E-state index contributed by atoms with van der Waals surface area (Å²) < 4.78 is 16.8. The van der Waals surface area contributed by atoms with E-state index < -0.39 is 17.9 Å². The standard InChI is InChI=1S/C28H34N2O6/c1-4-13-30(2,20-8-9-20)25(31)16-29-15-22(19-7-12-23-24(14-19)36-17-35-23)26(28(32)33)27(29)18-5-10-21(34-3)11-6-18/h5-7,10-12,14,20,22,26-27H,4,8-9,13,15-17H2,1-3H3/p+1/t22?,26-,27+,30?/m0/s1. The third kappa shape index (κ3) is 4.44. The lowest BCUT2D eigenvalue weighted by atomic mass is 9.82. The van der Waals surface area contributed by atoms with Gasteiger partial charge in [-0.15, -0.1) is 0 Å². The molecule has 4 atom stereocenters. The van der Waals surface area contributed by atoms with E-state index in [9.17, 15) is 14.7 Å². The quantitative estimate of drug-likeness (QED) is 0.530. The minimum atomic E-state index is -0.874. The number of aliphatic carboxylic acids is 1. The first kappa shape index (κ1) is 24.6. The van der Waals surface area contributed by atoms with Crippen molar-refractivity contribution in [2.45, 2.75) is 44.2 Å². The van der Waals surface area contributed by atoms with Gasteiger partial charge in [0.05, 0.1) is 32.7 Å². The summed E-state index contributed by atoms with van der Waals surface area (Å²) in [5, 5.41) is 10.5. The van der Waals surface area contributed by atoms with Gasteiger partial charge in [-0.3, -0.25) is 14.2 Å². The summed E-state index contributed by atoms with van der Waals surface area (Å²) in [5.41, 5.74) is 1.75. The lowest BCUT2D eigenvalue weighted by molar-refractivity contribution is -0.845. The number of hydrogen-bond acceptors (Lipinski definition) is 6. The van der Waals surface area contributed by atoms with Crippen molar-refractivity contribution < 1.29 is 33.4 Å². The topological polar surface area (TPSA) is 85.3 Å². The minimum absolute atomic E-state index is 0.160. The molecule has 2 aliphatic heterocycles. The van der Waals surface area contributed by atoms with Crippen LogP contribution < -0.4 is 14.2 Å². The Morgan fingerprint density at radius 3 is 2.42 bits per heavy atom. The summed E-state index contributed by atoms with van der Waals surface area (Å²) in [4.78, 5) is 28.6. The SMILES string of the molecule is CCC[N+](C)(C(=O)CN1CC(c2ccc3c(c2)OCO3)[C@H](C(=O)O)[C@H]1c1ccc(OC)cc1)C1CC1. The Labute approximate surface area is 211 Å². The second-order valence-electron chi connectivity index (χ2n) is 10.3. The number of carboxylic acids is 1. The van der Waals surface area contributed by atoms with Crippen LogP contribution in [0, 0.1) is 5.92 Å². The number of carbonyl (C=O) groups excluding carboxylic acids is 1. The number of quaternary nitrogens is 1. The van der Waals surface area contributed by atoms with Crippen LogP contribution in [0.5, 0.6) is 17.2 Å². The van der Waals surface area contributed by atoms with E-state index in [2.05, 4.69) is 11.8 Å². The Morgan fingerprint density at radius 1 is 1.08 bits per heavy atom. The van der Waals surface area contributed by atoms with Crippen LogP contribution in [0.25, 0.3) is 0 Å². The van der Waals surface area contributed by atoms with E-state index in [1.165, 1.54) is 0 Å². The Hall–Kier alpha value is -3.10. The molecule has 2 heterocycles. The van der Waals surface area contributed by atoms with E-state index in [-0.39, 0.29) is 25.2 Å². The maximum absolute atomic E-state index is 13.8. The number of rotatable bonds is 9. The van der Waals surface area contributed by atoms with Gasteiger partial charge < -0.3 is 19.3 Å². The highest BCUT2D eigenvalue weighted by Crippen LogP contribution is 2.48. The van der Waals surface area contributed by atoms with Gasteiger partial charge in [-0.2, -0.15) is 0 Å². The molecule has 5 rings (SSSR count).